The quantitative estimate of drug-likeness (QED) is 0.831. The highest BCUT2D eigenvalue weighted by atomic mass is 16.4. The van der Waals surface area contributed by atoms with E-state index in [1.165, 1.54) is 32.1 Å². The van der Waals surface area contributed by atoms with Gasteiger partial charge >= 0.3 is 5.97 Å². The number of aliphatic carboxylic acids is 1. The van der Waals surface area contributed by atoms with Crippen LogP contribution in [-0.4, -0.2) is 58.1 Å². The van der Waals surface area contributed by atoms with Crippen LogP contribution < -0.4 is 0 Å². The van der Waals surface area contributed by atoms with Gasteiger partial charge in [-0.05, 0) is 61.8 Å². The first-order valence-corrected chi connectivity index (χ1v) is 11.4. The van der Waals surface area contributed by atoms with Crippen molar-refractivity contribution in [1.82, 2.24) is 14.8 Å². The molecule has 1 saturated heterocycles. The number of para-hydroxylation sites is 1. The van der Waals surface area contributed by atoms with Crippen LogP contribution in [0.3, 0.4) is 0 Å². The lowest BCUT2D eigenvalue weighted by Crippen LogP contribution is -2.60. The Labute approximate surface area is 172 Å². The number of nitrogens with zero attached hydrogens (tertiary/aromatic N) is 2. The van der Waals surface area contributed by atoms with Gasteiger partial charge in [0.2, 0.25) is 0 Å². The second-order valence-electron chi connectivity index (χ2n) is 10.0. The summed E-state index contributed by atoms with van der Waals surface area (Å²) in [5, 5.41) is 11.1. The van der Waals surface area contributed by atoms with Gasteiger partial charge in [0, 0.05) is 54.9 Å². The van der Waals surface area contributed by atoms with Gasteiger partial charge in [-0.25, -0.2) is 0 Å². The average Bonchev–Trinajstić information content (AvgIpc) is 3.12. The van der Waals surface area contributed by atoms with Crippen LogP contribution in [0.15, 0.2) is 30.5 Å². The molecule has 2 heterocycles. The van der Waals surface area contributed by atoms with Gasteiger partial charge in [-0.2, -0.15) is 0 Å². The topological polar surface area (TPSA) is 59.6 Å². The first kappa shape index (κ1) is 18.0. The van der Waals surface area contributed by atoms with Crippen molar-refractivity contribution in [2.75, 3.05) is 26.2 Å². The standard InChI is InChI=1S/C24H31N3O2/c28-24(29)23(20-14-25-21-4-2-1-3-19(20)21)27-7-5-26(6-8-27)22-17-10-15-9-16(12-17)13-18(22)11-15/h1-4,14-18,22-23,25H,5-13H2,(H,28,29)/t15?,16?,17?,18?,22?,23-/m0/s1. The van der Waals surface area contributed by atoms with E-state index in [1.807, 2.05) is 30.5 Å². The molecule has 1 aromatic carbocycles. The fourth-order valence-corrected chi connectivity index (χ4v) is 7.59. The van der Waals surface area contributed by atoms with Crippen LogP contribution in [-0.2, 0) is 4.79 Å². The molecule has 4 bridgehead atoms. The predicted molar refractivity (Wildman–Crippen MR) is 113 cm³/mol. The van der Waals surface area contributed by atoms with Crippen molar-refractivity contribution in [2.45, 2.75) is 44.2 Å². The zero-order valence-corrected chi connectivity index (χ0v) is 17.0. The summed E-state index contributed by atoms with van der Waals surface area (Å²) in [4.78, 5) is 20.4. The van der Waals surface area contributed by atoms with Gasteiger partial charge in [0.15, 0.2) is 0 Å². The Morgan fingerprint density at radius 2 is 1.62 bits per heavy atom. The zero-order chi connectivity index (χ0) is 19.5. The molecule has 1 aromatic heterocycles. The van der Waals surface area contributed by atoms with E-state index in [0.717, 1.165) is 72.4 Å². The lowest BCUT2D eigenvalue weighted by atomic mass is 9.54. The number of hydrogen-bond acceptors (Lipinski definition) is 3. The van der Waals surface area contributed by atoms with Gasteiger partial charge in [-0.15, -0.1) is 0 Å². The highest BCUT2D eigenvalue weighted by Gasteiger charge is 2.50. The molecular weight excluding hydrogens is 362 g/mol. The Bertz CT molecular complexity index is 886. The predicted octanol–water partition coefficient (Wildman–Crippen LogP) is 3.74. The number of aromatic amines is 1. The molecule has 4 aliphatic carbocycles. The molecule has 5 fully saturated rings. The van der Waals surface area contributed by atoms with Gasteiger partial charge in [0.1, 0.15) is 6.04 Å². The summed E-state index contributed by atoms with van der Waals surface area (Å²) in [5.41, 5.74) is 1.91. The van der Waals surface area contributed by atoms with E-state index in [0.29, 0.717) is 0 Å². The monoisotopic (exact) mass is 393 g/mol. The van der Waals surface area contributed by atoms with E-state index >= 15 is 0 Å². The van der Waals surface area contributed by atoms with Gasteiger partial charge < -0.3 is 10.1 Å². The van der Waals surface area contributed by atoms with E-state index in [-0.39, 0.29) is 0 Å². The third-order valence-electron chi connectivity index (χ3n) is 8.46. The molecule has 0 unspecified atom stereocenters. The minimum Gasteiger partial charge on any atom is -0.480 e. The van der Waals surface area contributed by atoms with Crippen molar-refractivity contribution < 1.29 is 9.90 Å². The largest absolute Gasteiger partial charge is 0.480 e. The number of piperazine rings is 1. The van der Waals surface area contributed by atoms with E-state index in [9.17, 15) is 9.90 Å². The van der Waals surface area contributed by atoms with E-state index in [1.54, 1.807) is 0 Å². The number of nitrogens with one attached hydrogen (secondary N) is 1. The van der Waals surface area contributed by atoms with Crippen LogP contribution in [0.1, 0.15) is 43.7 Å². The lowest BCUT2D eigenvalue weighted by molar-refractivity contribution is -0.145. The number of carboxylic acid groups (broad SMARTS) is 1. The molecule has 2 N–H and O–H groups in total. The van der Waals surface area contributed by atoms with Crippen LogP contribution >= 0.6 is 0 Å². The van der Waals surface area contributed by atoms with Gasteiger partial charge in [0.05, 0.1) is 0 Å². The first-order valence-electron chi connectivity index (χ1n) is 11.4. The third kappa shape index (κ3) is 2.93. The molecule has 7 rings (SSSR count). The number of carbonyl (C=O) groups is 1. The Balaban J connectivity index is 1.19. The second kappa shape index (κ2) is 6.85. The number of fused-ring (bicyclic) bond motifs is 1. The highest BCUT2D eigenvalue weighted by Crippen LogP contribution is 2.55. The summed E-state index contributed by atoms with van der Waals surface area (Å²) in [6.07, 6.45) is 9.19. The van der Waals surface area contributed by atoms with Crippen molar-refractivity contribution in [2.24, 2.45) is 23.7 Å². The smallest absolute Gasteiger partial charge is 0.325 e. The van der Waals surface area contributed by atoms with Crippen LogP contribution in [0.4, 0.5) is 0 Å². The molecule has 1 atom stereocenters. The molecule has 1 aliphatic heterocycles. The maximum Gasteiger partial charge on any atom is 0.325 e. The number of carboxylic acids is 1. The summed E-state index contributed by atoms with van der Waals surface area (Å²) >= 11 is 0. The number of rotatable bonds is 4. The summed E-state index contributed by atoms with van der Waals surface area (Å²) in [5.74, 6) is 3.09. The van der Waals surface area contributed by atoms with Gasteiger partial charge in [0.25, 0.3) is 0 Å². The molecule has 2 aromatic rings. The molecule has 29 heavy (non-hydrogen) atoms. The van der Waals surface area contributed by atoms with Crippen molar-refractivity contribution in [3.63, 3.8) is 0 Å². The van der Waals surface area contributed by atoms with Crippen LogP contribution in [0.2, 0.25) is 0 Å². The Morgan fingerprint density at radius 3 is 2.28 bits per heavy atom. The summed E-state index contributed by atoms with van der Waals surface area (Å²) in [7, 11) is 0. The fourth-order valence-electron chi connectivity index (χ4n) is 7.59. The second-order valence-corrected chi connectivity index (χ2v) is 10.0. The number of aromatic nitrogens is 1. The number of H-pyrrole nitrogens is 1. The normalized spacial score (nSPS) is 35.9. The van der Waals surface area contributed by atoms with E-state index < -0.39 is 12.0 Å². The molecule has 5 heteroatoms. The lowest BCUT2D eigenvalue weighted by Gasteiger charge is -2.58. The Kier molecular flexibility index (Phi) is 4.24. The summed E-state index contributed by atoms with van der Waals surface area (Å²) < 4.78 is 0. The minimum atomic E-state index is -0.738. The van der Waals surface area contributed by atoms with Crippen molar-refractivity contribution >= 4 is 16.9 Å². The maximum atomic E-state index is 12.3. The molecule has 0 radical (unpaired) electrons. The van der Waals surface area contributed by atoms with Crippen molar-refractivity contribution in [3.05, 3.63) is 36.0 Å². The van der Waals surface area contributed by atoms with Gasteiger partial charge in [-0.3, -0.25) is 14.6 Å². The van der Waals surface area contributed by atoms with E-state index in [4.69, 9.17) is 0 Å². The molecule has 5 nitrogen and oxygen atoms in total. The fraction of sp³-hybridized carbons (Fsp3) is 0.625. The van der Waals surface area contributed by atoms with Gasteiger partial charge in [-0.1, -0.05) is 18.2 Å². The summed E-state index contributed by atoms with van der Waals surface area (Å²) in [6.45, 7) is 3.72. The summed E-state index contributed by atoms with van der Waals surface area (Å²) in [6, 6.07) is 8.22. The van der Waals surface area contributed by atoms with Crippen molar-refractivity contribution in [3.8, 4) is 0 Å². The Hall–Kier alpha value is -1.85. The van der Waals surface area contributed by atoms with E-state index in [2.05, 4.69) is 14.8 Å². The molecule has 0 amide bonds. The molecule has 154 valence electrons. The molecule has 0 spiro atoms. The maximum absolute atomic E-state index is 12.3. The van der Waals surface area contributed by atoms with Crippen LogP contribution in [0.5, 0.6) is 0 Å². The third-order valence-corrected chi connectivity index (χ3v) is 8.46. The van der Waals surface area contributed by atoms with Crippen LogP contribution in [0, 0.1) is 23.7 Å². The number of benzene rings is 1. The molecule has 4 saturated carbocycles. The Morgan fingerprint density at radius 1 is 0.966 bits per heavy atom. The number of hydrogen-bond donors (Lipinski definition) is 2. The highest BCUT2D eigenvalue weighted by molar-refractivity contribution is 5.89. The molecule has 5 aliphatic rings. The average molecular weight is 394 g/mol. The SMILES string of the molecule is O=C(O)[C@H](c1c[nH]c2ccccc12)N1CCN(C2C3CC4CC(C3)CC2C4)CC1. The zero-order valence-electron chi connectivity index (χ0n) is 17.0. The molecular formula is C24H31N3O2. The minimum absolute atomic E-state index is 0.563. The van der Waals surface area contributed by atoms with Crippen molar-refractivity contribution in [1.29, 1.82) is 0 Å². The first-order chi connectivity index (χ1) is 14.2. The van der Waals surface area contributed by atoms with Crippen LogP contribution in [0.25, 0.3) is 10.9 Å².